The summed E-state index contributed by atoms with van der Waals surface area (Å²) >= 11 is 0.818. The average molecular weight is 215 g/mol. The van der Waals surface area contributed by atoms with Gasteiger partial charge < -0.3 is 0 Å². The summed E-state index contributed by atoms with van der Waals surface area (Å²) in [5.41, 5.74) is -0.626. The third kappa shape index (κ3) is 1.15. The molecule has 0 saturated carbocycles. The fraction of sp³-hybridized carbons (Fsp3) is 0. The van der Waals surface area contributed by atoms with Crippen molar-refractivity contribution in [3.05, 3.63) is 39.3 Å². The maximum Gasteiger partial charge on any atom is 0.306 e. The van der Waals surface area contributed by atoms with E-state index >= 15 is 0 Å². The van der Waals surface area contributed by atoms with Gasteiger partial charge in [-0.3, -0.25) is 10.1 Å². The van der Waals surface area contributed by atoms with Crippen molar-refractivity contribution < 1.29 is 13.7 Å². The van der Waals surface area contributed by atoms with E-state index in [1.54, 1.807) is 0 Å². The lowest BCUT2D eigenvalue weighted by atomic mass is 10.2. The normalized spacial score (nSPS) is 10.7. The van der Waals surface area contributed by atoms with Gasteiger partial charge >= 0.3 is 5.69 Å². The lowest BCUT2D eigenvalue weighted by Crippen LogP contribution is -1.91. The van der Waals surface area contributed by atoms with E-state index in [9.17, 15) is 18.9 Å². The van der Waals surface area contributed by atoms with E-state index in [2.05, 4.69) is 0 Å². The minimum atomic E-state index is -0.971. The van der Waals surface area contributed by atoms with Crippen molar-refractivity contribution in [2.75, 3.05) is 0 Å². The van der Waals surface area contributed by atoms with Crippen LogP contribution in [0.5, 0.6) is 0 Å². The molecular weight excluding hydrogens is 212 g/mol. The van der Waals surface area contributed by atoms with Crippen LogP contribution in [-0.2, 0) is 0 Å². The molecule has 72 valence electrons. The summed E-state index contributed by atoms with van der Waals surface area (Å²) in [4.78, 5) is 9.52. The Labute approximate surface area is 80.7 Å². The van der Waals surface area contributed by atoms with E-state index in [1.807, 2.05) is 0 Å². The van der Waals surface area contributed by atoms with Crippen molar-refractivity contribution in [3.8, 4) is 0 Å². The standard InChI is InChI=1S/C8H3F2NO2S/c9-5-3-14-8-4(5)1-2-6(7(8)10)11(12)13/h1-3H. The molecule has 6 heteroatoms. The molecule has 0 spiro atoms. The lowest BCUT2D eigenvalue weighted by Gasteiger charge is -1.94. The Morgan fingerprint density at radius 3 is 2.71 bits per heavy atom. The third-order valence-corrected chi connectivity index (χ3v) is 2.77. The Kier molecular flexibility index (Phi) is 1.92. The predicted octanol–water partition coefficient (Wildman–Crippen LogP) is 3.09. The van der Waals surface area contributed by atoms with Gasteiger partial charge in [-0.2, -0.15) is 4.39 Å². The van der Waals surface area contributed by atoms with Crippen molar-refractivity contribution in [2.45, 2.75) is 0 Å². The average Bonchev–Trinajstić information content (AvgIpc) is 2.49. The molecule has 0 unspecified atom stereocenters. The van der Waals surface area contributed by atoms with Gasteiger partial charge in [-0.15, -0.1) is 11.3 Å². The molecule has 1 aromatic carbocycles. The van der Waals surface area contributed by atoms with Gasteiger partial charge in [0, 0.05) is 16.8 Å². The molecule has 3 nitrogen and oxygen atoms in total. The van der Waals surface area contributed by atoms with E-state index < -0.39 is 22.2 Å². The van der Waals surface area contributed by atoms with Crippen LogP contribution in [-0.4, -0.2) is 4.92 Å². The zero-order valence-corrected chi connectivity index (χ0v) is 7.48. The van der Waals surface area contributed by atoms with E-state index in [4.69, 9.17) is 0 Å². The highest BCUT2D eigenvalue weighted by Crippen LogP contribution is 2.32. The highest BCUT2D eigenvalue weighted by Gasteiger charge is 2.19. The highest BCUT2D eigenvalue weighted by atomic mass is 32.1. The Balaban J connectivity index is 2.82. The molecule has 0 amide bonds. The van der Waals surface area contributed by atoms with Gasteiger partial charge in [0.05, 0.1) is 9.62 Å². The second kappa shape index (κ2) is 2.98. The summed E-state index contributed by atoms with van der Waals surface area (Å²) in [5.74, 6) is -1.53. The van der Waals surface area contributed by atoms with Crippen LogP contribution in [0.4, 0.5) is 14.5 Å². The first-order valence-corrected chi connectivity index (χ1v) is 4.49. The van der Waals surface area contributed by atoms with Crippen LogP contribution >= 0.6 is 11.3 Å². The molecule has 0 bridgehead atoms. The van der Waals surface area contributed by atoms with Crippen molar-refractivity contribution in [3.63, 3.8) is 0 Å². The van der Waals surface area contributed by atoms with Gasteiger partial charge in [0.2, 0.25) is 5.82 Å². The first-order chi connectivity index (χ1) is 6.61. The van der Waals surface area contributed by atoms with E-state index in [0.29, 0.717) is 0 Å². The molecule has 0 aliphatic heterocycles. The number of fused-ring (bicyclic) bond motifs is 1. The molecule has 2 aromatic rings. The van der Waals surface area contributed by atoms with E-state index in [-0.39, 0.29) is 10.1 Å². The lowest BCUT2D eigenvalue weighted by molar-refractivity contribution is -0.387. The van der Waals surface area contributed by atoms with Crippen LogP contribution in [0.2, 0.25) is 0 Å². The van der Waals surface area contributed by atoms with Crippen LogP contribution in [0.25, 0.3) is 10.1 Å². The Bertz CT molecular complexity index is 523. The predicted molar refractivity (Wildman–Crippen MR) is 48.4 cm³/mol. The number of nitro benzene ring substituents is 1. The smallest absolute Gasteiger partial charge is 0.258 e. The van der Waals surface area contributed by atoms with E-state index in [0.717, 1.165) is 22.8 Å². The minimum absolute atomic E-state index is 0.0169. The van der Waals surface area contributed by atoms with Gasteiger partial charge in [0.15, 0.2) is 0 Å². The van der Waals surface area contributed by atoms with Crippen LogP contribution in [0.3, 0.4) is 0 Å². The van der Waals surface area contributed by atoms with Crippen molar-refractivity contribution in [1.29, 1.82) is 0 Å². The number of rotatable bonds is 1. The van der Waals surface area contributed by atoms with Crippen molar-refractivity contribution >= 4 is 27.1 Å². The molecule has 0 aliphatic rings. The number of hydrogen-bond donors (Lipinski definition) is 0. The number of thiophene rings is 1. The van der Waals surface area contributed by atoms with Gasteiger partial charge in [-0.1, -0.05) is 0 Å². The third-order valence-electron chi connectivity index (χ3n) is 1.81. The molecule has 2 rings (SSSR count). The molecule has 0 aliphatic carbocycles. The van der Waals surface area contributed by atoms with E-state index in [1.165, 1.54) is 6.07 Å². The Hall–Kier alpha value is -1.56. The fourth-order valence-corrected chi connectivity index (χ4v) is 2.01. The summed E-state index contributed by atoms with van der Waals surface area (Å²) in [6.07, 6.45) is 0. The topological polar surface area (TPSA) is 43.1 Å². The number of halogens is 2. The van der Waals surface area contributed by atoms with Crippen LogP contribution in [0.15, 0.2) is 17.5 Å². The first kappa shape index (κ1) is 9.01. The minimum Gasteiger partial charge on any atom is -0.258 e. The van der Waals surface area contributed by atoms with Gasteiger partial charge in [0.1, 0.15) is 5.82 Å². The molecule has 1 aromatic heterocycles. The Morgan fingerprint density at radius 1 is 1.36 bits per heavy atom. The maximum atomic E-state index is 13.3. The summed E-state index contributed by atoms with van der Waals surface area (Å²) in [5, 5.41) is 11.6. The fourth-order valence-electron chi connectivity index (χ4n) is 1.16. The molecule has 1 heterocycles. The van der Waals surface area contributed by atoms with Crippen LogP contribution in [0, 0.1) is 21.7 Å². The zero-order chi connectivity index (χ0) is 10.3. The SMILES string of the molecule is O=[N+]([O-])c1ccc2c(F)csc2c1F. The molecule has 0 radical (unpaired) electrons. The second-order valence-electron chi connectivity index (χ2n) is 2.62. The van der Waals surface area contributed by atoms with Crippen molar-refractivity contribution in [2.24, 2.45) is 0 Å². The first-order valence-electron chi connectivity index (χ1n) is 3.61. The largest absolute Gasteiger partial charge is 0.306 e. The summed E-state index contributed by atoms with van der Waals surface area (Å²) in [6, 6.07) is 2.18. The molecule has 14 heavy (non-hydrogen) atoms. The quantitative estimate of drug-likeness (QED) is 0.542. The number of nitrogens with zero attached hydrogens (tertiary/aromatic N) is 1. The highest BCUT2D eigenvalue weighted by molar-refractivity contribution is 7.17. The molecule has 0 saturated heterocycles. The number of nitro groups is 1. The van der Waals surface area contributed by atoms with Crippen LogP contribution in [0.1, 0.15) is 0 Å². The summed E-state index contributed by atoms with van der Waals surface area (Å²) in [7, 11) is 0. The second-order valence-corrected chi connectivity index (χ2v) is 3.50. The van der Waals surface area contributed by atoms with Crippen LogP contribution < -0.4 is 0 Å². The summed E-state index contributed by atoms with van der Waals surface area (Å²) < 4.78 is 26.3. The van der Waals surface area contributed by atoms with Gasteiger partial charge in [0.25, 0.3) is 0 Å². The number of hydrogen-bond acceptors (Lipinski definition) is 3. The molecule has 0 atom stereocenters. The monoisotopic (exact) mass is 215 g/mol. The van der Waals surface area contributed by atoms with Crippen molar-refractivity contribution in [1.82, 2.24) is 0 Å². The molecule has 0 N–H and O–H groups in total. The van der Waals surface area contributed by atoms with Gasteiger partial charge in [-0.05, 0) is 6.07 Å². The van der Waals surface area contributed by atoms with Gasteiger partial charge in [-0.25, -0.2) is 4.39 Å². The molecule has 0 fully saturated rings. The zero-order valence-electron chi connectivity index (χ0n) is 6.66. The maximum absolute atomic E-state index is 13.3. The summed E-state index contributed by atoms with van der Waals surface area (Å²) in [6.45, 7) is 0. The molecular formula is C8H3F2NO2S. The number of benzene rings is 1. The Morgan fingerprint density at radius 2 is 2.07 bits per heavy atom.